The summed E-state index contributed by atoms with van der Waals surface area (Å²) in [6, 6.07) is 28.3. The molecule has 0 aliphatic carbocycles. The predicted molar refractivity (Wildman–Crippen MR) is 168 cm³/mol. The van der Waals surface area contributed by atoms with Crippen LogP contribution in [0.3, 0.4) is 0 Å². The molecule has 0 radical (unpaired) electrons. The predicted octanol–water partition coefficient (Wildman–Crippen LogP) is 7.31. The Morgan fingerprint density at radius 2 is 1.34 bits per heavy atom. The molecule has 0 unspecified atom stereocenters. The largest absolute Gasteiger partial charge is 0.351 e. The molecule has 1 aliphatic rings. The van der Waals surface area contributed by atoms with Crippen molar-refractivity contribution in [2.24, 2.45) is 5.73 Å². The number of carbonyl (C=O) groups is 2. The van der Waals surface area contributed by atoms with Crippen LogP contribution in [0.1, 0.15) is 92.2 Å². The Bertz CT molecular complexity index is 1170. The van der Waals surface area contributed by atoms with Crippen LogP contribution >= 0.6 is 0 Å². The SMILES string of the molecule is CCCCCCCCCN(C(N)=O)c1ccccc1C(=O)NC1CCN(C(c2ccccc2)c2ccccc2)CC1. The fraction of sp³-hybridized carbons (Fsp3) is 0.429. The van der Waals surface area contributed by atoms with Crippen molar-refractivity contribution in [3.05, 3.63) is 102 Å². The van der Waals surface area contributed by atoms with Crippen LogP contribution < -0.4 is 16.0 Å². The Morgan fingerprint density at radius 1 is 0.805 bits per heavy atom. The van der Waals surface area contributed by atoms with Crippen LogP contribution in [0.4, 0.5) is 10.5 Å². The number of anilines is 1. The maximum Gasteiger partial charge on any atom is 0.319 e. The summed E-state index contributed by atoms with van der Waals surface area (Å²) in [4.78, 5) is 30.0. The second kappa shape index (κ2) is 16.0. The summed E-state index contributed by atoms with van der Waals surface area (Å²) in [6.45, 7) is 4.50. The Kier molecular flexibility index (Phi) is 11.8. The van der Waals surface area contributed by atoms with Gasteiger partial charge in [0.2, 0.25) is 0 Å². The number of nitrogens with one attached hydrogen (secondary N) is 1. The maximum absolute atomic E-state index is 13.5. The number of carbonyl (C=O) groups excluding carboxylic acids is 2. The lowest BCUT2D eigenvalue weighted by atomic mass is 9.94. The van der Waals surface area contributed by atoms with Gasteiger partial charge in [0.25, 0.3) is 5.91 Å². The number of hydrogen-bond acceptors (Lipinski definition) is 3. The molecule has 1 aliphatic heterocycles. The fourth-order valence-corrected chi connectivity index (χ4v) is 5.93. The second-order valence-electron chi connectivity index (χ2n) is 11.1. The molecular formula is C35H46N4O2. The van der Waals surface area contributed by atoms with Crippen molar-refractivity contribution in [3.8, 4) is 0 Å². The van der Waals surface area contributed by atoms with E-state index in [9.17, 15) is 9.59 Å². The number of rotatable bonds is 14. The molecule has 0 spiro atoms. The third kappa shape index (κ3) is 8.67. The van der Waals surface area contributed by atoms with E-state index in [-0.39, 0.29) is 18.0 Å². The molecule has 1 fully saturated rings. The number of likely N-dealkylation sites (tertiary alicyclic amines) is 1. The first kappa shape index (κ1) is 30.3. The quantitative estimate of drug-likeness (QED) is 0.205. The Balaban J connectivity index is 1.36. The Morgan fingerprint density at radius 3 is 1.93 bits per heavy atom. The molecule has 0 aromatic heterocycles. The highest BCUT2D eigenvalue weighted by molar-refractivity contribution is 6.04. The van der Waals surface area contributed by atoms with Gasteiger partial charge in [0.05, 0.1) is 17.3 Å². The minimum Gasteiger partial charge on any atom is -0.351 e. The lowest BCUT2D eigenvalue weighted by Crippen LogP contribution is -2.46. The lowest BCUT2D eigenvalue weighted by molar-refractivity contribution is 0.0901. The number of nitrogens with zero attached hydrogens (tertiary/aromatic N) is 2. The minimum atomic E-state index is -0.516. The highest BCUT2D eigenvalue weighted by Crippen LogP contribution is 2.31. The molecule has 6 nitrogen and oxygen atoms in total. The average molecular weight is 555 g/mol. The first-order valence-electron chi connectivity index (χ1n) is 15.4. The van der Waals surface area contributed by atoms with Crippen LogP contribution in [0.25, 0.3) is 0 Å². The van der Waals surface area contributed by atoms with Gasteiger partial charge >= 0.3 is 6.03 Å². The lowest BCUT2D eigenvalue weighted by Gasteiger charge is -2.38. The van der Waals surface area contributed by atoms with Gasteiger partial charge in [-0.3, -0.25) is 14.6 Å². The Hall–Kier alpha value is -3.64. The van der Waals surface area contributed by atoms with Crippen LogP contribution in [0.15, 0.2) is 84.9 Å². The van der Waals surface area contributed by atoms with Gasteiger partial charge in [-0.1, -0.05) is 118 Å². The molecule has 218 valence electrons. The summed E-state index contributed by atoms with van der Waals surface area (Å²) in [5.74, 6) is -0.146. The molecule has 0 bridgehead atoms. The van der Waals surface area contributed by atoms with E-state index in [0.29, 0.717) is 17.8 Å². The van der Waals surface area contributed by atoms with Gasteiger partial charge in [-0.15, -0.1) is 0 Å². The molecule has 3 amide bonds. The van der Waals surface area contributed by atoms with Gasteiger partial charge in [0.15, 0.2) is 0 Å². The van der Waals surface area contributed by atoms with Gasteiger partial charge in [0, 0.05) is 25.7 Å². The first-order valence-corrected chi connectivity index (χ1v) is 15.4. The van der Waals surface area contributed by atoms with Crippen LogP contribution in [0.2, 0.25) is 0 Å². The summed E-state index contributed by atoms with van der Waals surface area (Å²) >= 11 is 0. The van der Waals surface area contributed by atoms with Crippen molar-refractivity contribution in [2.75, 3.05) is 24.5 Å². The van der Waals surface area contributed by atoms with E-state index in [2.05, 4.69) is 77.8 Å². The fourth-order valence-electron chi connectivity index (χ4n) is 5.93. The molecule has 41 heavy (non-hydrogen) atoms. The van der Waals surface area contributed by atoms with Gasteiger partial charge in [-0.05, 0) is 42.5 Å². The molecule has 1 saturated heterocycles. The van der Waals surface area contributed by atoms with Gasteiger partial charge < -0.3 is 11.1 Å². The van der Waals surface area contributed by atoms with E-state index in [1.807, 2.05) is 18.2 Å². The molecule has 0 saturated carbocycles. The zero-order valence-corrected chi connectivity index (χ0v) is 24.5. The molecule has 3 aromatic carbocycles. The van der Waals surface area contributed by atoms with Crippen molar-refractivity contribution >= 4 is 17.6 Å². The number of primary amides is 1. The smallest absolute Gasteiger partial charge is 0.319 e. The number of amides is 3. The van der Waals surface area contributed by atoms with Gasteiger partial charge in [-0.2, -0.15) is 0 Å². The van der Waals surface area contributed by atoms with E-state index < -0.39 is 6.03 Å². The molecule has 6 heteroatoms. The molecule has 0 atom stereocenters. The van der Waals surface area contributed by atoms with Crippen molar-refractivity contribution in [3.63, 3.8) is 0 Å². The average Bonchev–Trinajstić information content (AvgIpc) is 3.00. The van der Waals surface area contributed by atoms with Crippen LogP contribution in [-0.4, -0.2) is 42.5 Å². The second-order valence-corrected chi connectivity index (χ2v) is 11.1. The molecule has 4 rings (SSSR count). The molecular weight excluding hydrogens is 508 g/mol. The summed E-state index contributed by atoms with van der Waals surface area (Å²) in [5, 5.41) is 3.26. The van der Waals surface area contributed by atoms with E-state index in [1.54, 1.807) is 11.0 Å². The van der Waals surface area contributed by atoms with Crippen molar-refractivity contribution in [1.29, 1.82) is 0 Å². The normalized spacial score (nSPS) is 14.2. The molecule has 3 aromatic rings. The zero-order valence-electron chi connectivity index (χ0n) is 24.5. The van der Waals surface area contributed by atoms with Crippen molar-refractivity contribution in [1.82, 2.24) is 10.2 Å². The van der Waals surface area contributed by atoms with Gasteiger partial charge in [0.1, 0.15) is 0 Å². The van der Waals surface area contributed by atoms with Crippen molar-refractivity contribution in [2.45, 2.75) is 76.8 Å². The number of urea groups is 1. The summed E-state index contributed by atoms with van der Waals surface area (Å²) in [7, 11) is 0. The third-order valence-electron chi connectivity index (χ3n) is 8.15. The zero-order chi connectivity index (χ0) is 28.9. The van der Waals surface area contributed by atoms with E-state index >= 15 is 0 Å². The number of piperidine rings is 1. The monoisotopic (exact) mass is 554 g/mol. The number of nitrogens with two attached hydrogens (primary N) is 1. The minimum absolute atomic E-state index is 0.0733. The highest BCUT2D eigenvalue weighted by Gasteiger charge is 2.29. The van der Waals surface area contributed by atoms with Gasteiger partial charge in [-0.25, -0.2) is 4.79 Å². The van der Waals surface area contributed by atoms with Crippen LogP contribution in [0, 0.1) is 0 Å². The van der Waals surface area contributed by atoms with E-state index in [0.717, 1.165) is 45.2 Å². The van der Waals surface area contributed by atoms with Crippen LogP contribution in [0.5, 0.6) is 0 Å². The third-order valence-corrected chi connectivity index (χ3v) is 8.15. The summed E-state index contributed by atoms with van der Waals surface area (Å²) in [5.41, 5.74) is 9.45. The molecule has 1 heterocycles. The van der Waals surface area contributed by atoms with E-state index in [4.69, 9.17) is 5.73 Å². The maximum atomic E-state index is 13.5. The summed E-state index contributed by atoms with van der Waals surface area (Å²) < 4.78 is 0. The highest BCUT2D eigenvalue weighted by atomic mass is 16.2. The topological polar surface area (TPSA) is 78.7 Å². The number of unbranched alkanes of at least 4 members (excludes halogenated alkanes) is 6. The first-order chi connectivity index (χ1) is 20.1. The number of benzene rings is 3. The number of hydrogen-bond donors (Lipinski definition) is 2. The van der Waals surface area contributed by atoms with Crippen molar-refractivity contribution < 1.29 is 9.59 Å². The standard InChI is InChI=1S/C35H46N4O2/c1-2-3-4-5-6-7-16-25-39(35(36)41)32-22-15-14-21-31(32)34(40)37-30-23-26-38(27-24-30)33(28-17-10-8-11-18-28)29-19-12-9-13-20-29/h8-15,17-22,30,33H,2-7,16,23-27H2,1H3,(H2,36,41)(H,37,40). The van der Waals surface area contributed by atoms with Crippen LogP contribution in [-0.2, 0) is 0 Å². The summed E-state index contributed by atoms with van der Waals surface area (Å²) in [6.07, 6.45) is 9.79. The van der Waals surface area contributed by atoms with E-state index in [1.165, 1.54) is 36.8 Å². The number of para-hydroxylation sites is 1. The Labute approximate surface area is 245 Å². The molecule has 3 N–H and O–H groups in total.